The Bertz CT molecular complexity index is 506. The van der Waals surface area contributed by atoms with E-state index in [2.05, 4.69) is 33.0 Å². The number of aromatic hydroxyl groups is 1. The molecule has 1 aliphatic rings. The lowest BCUT2D eigenvalue weighted by molar-refractivity contribution is -0.122. The zero-order valence-corrected chi connectivity index (χ0v) is 13.3. The standard InChI is InChI=1S/C17H26N2O2/c1-16(2)14(17(16,3)4)10-19-15(21)13(18)9-11-5-7-12(20)8-6-11/h5-8,13-14,20H,9-10,18H2,1-4H3,(H,19,21)/t13-/m0/s1. The number of nitrogens with two attached hydrogens (primary N) is 1. The topological polar surface area (TPSA) is 75.4 Å². The second-order valence-corrected chi connectivity index (χ2v) is 7.22. The summed E-state index contributed by atoms with van der Waals surface area (Å²) in [5, 5.41) is 12.2. The van der Waals surface area contributed by atoms with Crippen molar-refractivity contribution >= 4 is 5.91 Å². The van der Waals surface area contributed by atoms with E-state index in [-0.39, 0.29) is 22.5 Å². The van der Waals surface area contributed by atoms with Gasteiger partial charge in [0.15, 0.2) is 0 Å². The summed E-state index contributed by atoms with van der Waals surface area (Å²) in [6.45, 7) is 9.63. The lowest BCUT2D eigenvalue weighted by Crippen LogP contribution is -2.43. The Morgan fingerprint density at radius 2 is 1.76 bits per heavy atom. The zero-order chi connectivity index (χ0) is 15.8. The maximum Gasteiger partial charge on any atom is 0.237 e. The quantitative estimate of drug-likeness (QED) is 0.777. The Morgan fingerprint density at radius 3 is 2.24 bits per heavy atom. The Labute approximate surface area is 126 Å². The van der Waals surface area contributed by atoms with Crippen LogP contribution in [0.25, 0.3) is 0 Å². The summed E-state index contributed by atoms with van der Waals surface area (Å²) in [5.41, 5.74) is 7.43. The summed E-state index contributed by atoms with van der Waals surface area (Å²) in [6, 6.07) is 6.23. The number of carbonyl (C=O) groups excluding carboxylic acids is 1. The molecule has 0 unspecified atom stereocenters. The summed E-state index contributed by atoms with van der Waals surface area (Å²) in [5.74, 6) is 0.603. The van der Waals surface area contributed by atoms with Crippen molar-refractivity contribution in [3.63, 3.8) is 0 Å². The molecule has 1 saturated carbocycles. The molecule has 1 aromatic rings. The van der Waals surface area contributed by atoms with E-state index in [0.717, 1.165) is 5.56 Å². The van der Waals surface area contributed by atoms with Crippen molar-refractivity contribution in [1.29, 1.82) is 0 Å². The fraction of sp³-hybridized carbons (Fsp3) is 0.588. The van der Waals surface area contributed by atoms with Crippen molar-refractivity contribution in [3.05, 3.63) is 29.8 Å². The third-order valence-corrected chi connectivity index (χ3v) is 5.53. The van der Waals surface area contributed by atoms with Gasteiger partial charge >= 0.3 is 0 Å². The summed E-state index contributed by atoms with van der Waals surface area (Å²) in [6.07, 6.45) is 0.476. The highest BCUT2D eigenvalue weighted by Gasteiger charge is 2.64. The third kappa shape index (κ3) is 3.05. The number of amides is 1. The molecule has 4 nitrogen and oxygen atoms in total. The van der Waals surface area contributed by atoms with E-state index in [4.69, 9.17) is 5.73 Å². The average Bonchev–Trinajstić information content (AvgIpc) is 2.79. The fourth-order valence-electron chi connectivity index (χ4n) is 3.16. The maximum atomic E-state index is 12.1. The van der Waals surface area contributed by atoms with Crippen LogP contribution in [0.4, 0.5) is 0 Å². The van der Waals surface area contributed by atoms with Crippen molar-refractivity contribution in [3.8, 4) is 5.75 Å². The number of rotatable bonds is 5. The molecule has 1 aromatic carbocycles. The van der Waals surface area contributed by atoms with Gasteiger partial charge in [0.1, 0.15) is 5.75 Å². The predicted octanol–water partition coefficient (Wildman–Crippen LogP) is 2.06. The van der Waals surface area contributed by atoms with Crippen LogP contribution in [-0.2, 0) is 11.2 Å². The number of hydrogen-bond acceptors (Lipinski definition) is 3. The van der Waals surface area contributed by atoms with Gasteiger partial charge < -0.3 is 16.2 Å². The second kappa shape index (κ2) is 5.34. The smallest absolute Gasteiger partial charge is 0.237 e. The molecule has 1 aliphatic carbocycles. The molecule has 0 bridgehead atoms. The number of carbonyl (C=O) groups is 1. The summed E-state index contributed by atoms with van der Waals surface area (Å²) >= 11 is 0. The summed E-state index contributed by atoms with van der Waals surface area (Å²) in [4.78, 5) is 12.1. The van der Waals surface area contributed by atoms with Crippen molar-refractivity contribution < 1.29 is 9.90 Å². The zero-order valence-electron chi connectivity index (χ0n) is 13.3. The number of phenols is 1. The molecule has 2 rings (SSSR count). The molecule has 0 saturated heterocycles. The van der Waals surface area contributed by atoms with E-state index in [1.807, 2.05) is 0 Å². The van der Waals surface area contributed by atoms with Crippen LogP contribution in [0.15, 0.2) is 24.3 Å². The highest BCUT2D eigenvalue weighted by molar-refractivity contribution is 5.81. The minimum Gasteiger partial charge on any atom is -0.508 e. The molecule has 4 heteroatoms. The van der Waals surface area contributed by atoms with Gasteiger partial charge in [-0.15, -0.1) is 0 Å². The van der Waals surface area contributed by atoms with E-state index in [9.17, 15) is 9.90 Å². The Morgan fingerprint density at radius 1 is 1.24 bits per heavy atom. The Hall–Kier alpha value is -1.55. The molecule has 1 amide bonds. The van der Waals surface area contributed by atoms with Gasteiger partial charge in [-0.2, -0.15) is 0 Å². The number of nitrogens with one attached hydrogen (secondary N) is 1. The maximum absolute atomic E-state index is 12.1. The second-order valence-electron chi connectivity index (χ2n) is 7.22. The van der Waals surface area contributed by atoms with E-state index in [1.54, 1.807) is 24.3 Å². The number of hydrogen-bond donors (Lipinski definition) is 3. The van der Waals surface area contributed by atoms with Crippen molar-refractivity contribution in [1.82, 2.24) is 5.32 Å². The van der Waals surface area contributed by atoms with Crippen LogP contribution in [0, 0.1) is 16.7 Å². The highest BCUT2D eigenvalue weighted by atomic mass is 16.3. The van der Waals surface area contributed by atoms with Crippen molar-refractivity contribution in [2.75, 3.05) is 6.54 Å². The number of benzene rings is 1. The molecule has 0 spiro atoms. The van der Waals surface area contributed by atoms with Gasteiger partial charge in [0.05, 0.1) is 6.04 Å². The van der Waals surface area contributed by atoms with Gasteiger partial charge in [-0.1, -0.05) is 39.8 Å². The molecule has 1 fully saturated rings. The molecule has 0 aromatic heterocycles. The van der Waals surface area contributed by atoms with Crippen LogP contribution in [0.5, 0.6) is 5.75 Å². The first-order valence-electron chi connectivity index (χ1n) is 7.47. The molecule has 21 heavy (non-hydrogen) atoms. The van der Waals surface area contributed by atoms with E-state index < -0.39 is 6.04 Å². The molecular formula is C17H26N2O2. The molecule has 0 aliphatic heterocycles. The molecule has 116 valence electrons. The van der Waals surface area contributed by atoms with Crippen LogP contribution in [0.1, 0.15) is 33.3 Å². The molecular weight excluding hydrogens is 264 g/mol. The van der Waals surface area contributed by atoms with Gasteiger partial charge in [0, 0.05) is 6.54 Å². The Kier molecular flexibility index (Phi) is 4.02. The Balaban J connectivity index is 1.82. The first-order valence-corrected chi connectivity index (χ1v) is 7.47. The fourth-order valence-corrected chi connectivity index (χ4v) is 3.16. The van der Waals surface area contributed by atoms with Gasteiger partial charge in [0.2, 0.25) is 5.91 Å². The minimum atomic E-state index is -0.556. The van der Waals surface area contributed by atoms with Gasteiger partial charge in [-0.3, -0.25) is 4.79 Å². The molecule has 0 radical (unpaired) electrons. The molecule has 1 atom stereocenters. The van der Waals surface area contributed by atoms with E-state index >= 15 is 0 Å². The first kappa shape index (κ1) is 15.8. The summed E-state index contributed by atoms with van der Waals surface area (Å²) in [7, 11) is 0. The average molecular weight is 290 g/mol. The van der Waals surface area contributed by atoms with Crippen LogP contribution in [0.2, 0.25) is 0 Å². The normalized spacial score (nSPS) is 20.8. The highest BCUT2D eigenvalue weighted by Crippen LogP contribution is 2.67. The number of phenolic OH excluding ortho intramolecular Hbond substituents is 1. The van der Waals surface area contributed by atoms with Crippen LogP contribution in [0.3, 0.4) is 0 Å². The van der Waals surface area contributed by atoms with Crippen LogP contribution >= 0.6 is 0 Å². The van der Waals surface area contributed by atoms with Gasteiger partial charge in [-0.05, 0) is 40.9 Å². The van der Waals surface area contributed by atoms with E-state index in [1.165, 1.54) is 0 Å². The predicted molar refractivity (Wildman–Crippen MR) is 83.8 cm³/mol. The SMILES string of the molecule is CC1(C)C(CNC(=O)[C@@H](N)Cc2ccc(O)cc2)C1(C)C. The first-order chi connectivity index (χ1) is 9.66. The largest absolute Gasteiger partial charge is 0.508 e. The van der Waals surface area contributed by atoms with Gasteiger partial charge in [-0.25, -0.2) is 0 Å². The van der Waals surface area contributed by atoms with Gasteiger partial charge in [0.25, 0.3) is 0 Å². The lowest BCUT2D eigenvalue weighted by atomic mass is 10.0. The van der Waals surface area contributed by atoms with Crippen molar-refractivity contribution in [2.24, 2.45) is 22.5 Å². The molecule has 4 N–H and O–H groups in total. The third-order valence-electron chi connectivity index (χ3n) is 5.53. The minimum absolute atomic E-state index is 0.110. The van der Waals surface area contributed by atoms with Crippen LogP contribution < -0.4 is 11.1 Å². The van der Waals surface area contributed by atoms with E-state index in [0.29, 0.717) is 18.9 Å². The monoisotopic (exact) mass is 290 g/mol. The lowest BCUT2D eigenvalue weighted by Gasteiger charge is -2.13. The summed E-state index contributed by atoms with van der Waals surface area (Å²) < 4.78 is 0. The van der Waals surface area contributed by atoms with Crippen molar-refractivity contribution in [2.45, 2.75) is 40.2 Å². The molecule has 0 heterocycles. The van der Waals surface area contributed by atoms with Crippen LogP contribution in [-0.4, -0.2) is 23.6 Å².